The van der Waals surface area contributed by atoms with E-state index in [1.54, 1.807) is 36.4 Å². The summed E-state index contributed by atoms with van der Waals surface area (Å²) in [5, 5.41) is 12.8. The first-order valence-corrected chi connectivity index (χ1v) is 10.7. The molecule has 1 N–H and O–H groups in total. The molecule has 0 saturated carbocycles. The van der Waals surface area contributed by atoms with E-state index in [2.05, 4.69) is 5.16 Å². The highest BCUT2D eigenvalue weighted by Gasteiger charge is 2.24. The van der Waals surface area contributed by atoms with Gasteiger partial charge in [0.2, 0.25) is 0 Å². The van der Waals surface area contributed by atoms with Crippen molar-refractivity contribution >= 4 is 23.4 Å². The van der Waals surface area contributed by atoms with Crippen molar-refractivity contribution in [1.82, 2.24) is 0 Å². The summed E-state index contributed by atoms with van der Waals surface area (Å²) in [6.07, 6.45) is 0. The number of aliphatic hydroxyl groups is 1. The maximum Gasteiger partial charge on any atom is 0.344 e. The number of ether oxygens (including phenoxy) is 1. The standard InChI is InChI=1S/C26H31NO6/c1-25(2,3)21(29)17-7-11-19(12-8-17)23(27-32-16-15-28)33-24(31)20-13-9-18(10-14-20)22(30)26(4,5)6/h7-14,28H,15-16H2,1-6H3/b27-23-. The van der Waals surface area contributed by atoms with Gasteiger partial charge >= 0.3 is 5.97 Å². The van der Waals surface area contributed by atoms with E-state index in [1.807, 2.05) is 41.5 Å². The normalized spacial score (nSPS) is 12.3. The molecule has 2 rings (SSSR count). The lowest BCUT2D eigenvalue weighted by molar-refractivity contribution is 0.0666. The minimum atomic E-state index is -0.689. The van der Waals surface area contributed by atoms with Gasteiger partial charge in [-0.2, -0.15) is 0 Å². The third-order valence-electron chi connectivity index (χ3n) is 4.66. The smallest absolute Gasteiger partial charge is 0.344 e. The molecule has 33 heavy (non-hydrogen) atoms. The molecule has 0 heterocycles. The van der Waals surface area contributed by atoms with Crippen LogP contribution in [0.4, 0.5) is 0 Å². The van der Waals surface area contributed by atoms with Gasteiger partial charge in [-0.3, -0.25) is 9.59 Å². The lowest BCUT2D eigenvalue weighted by Crippen LogP contribution is -2.21. The molecule has 0 radical (unpaired) electrons. The van der Waals surface area contributed by atoms with Gasteiger partial charge in [-0.25, -0.2) is 4.79 Å². The van der Waals surface area contributed by atoms with Gasteiger partial charge < -0.3 is 14.7 Å². The van der Waals surface area contributed by atoms with Crippen LogP contribution >= 0.6 is 0 Å². The number of benzene rings is 2. The summed E-state index contributed by atoms with van der Waals surface area (Å²) < 4.78 is 5.44. The lowest BCUT2D eigenvalue weighted by Gasteiger charge is -2.17. The molecule has 2 aromatic carbocycles. The van der Waals surface area contributed by atoms with Crippen LogP contribution in [0.2, 0.25) is 0 Å². The van der Waals surface area contributed by atoms with Gasteiger partial charge in [-0.15, -0.1) is 0 Å². The molecule has 0 fully saturated rings. The third-order valence-corrected chi connectivity index (χ3v) is 4.66. The highest BCUT2D eigenvalue weighted by molar-refractivity contribution is 6.06. The Morgan fingerprint density at radius 1 is 0.727 bits per heavy atom. The van der Waals surface area contributed by atoms with Crippen LogP contribution in [0.3, 0.4) is 0 Å². The molecule has 7 nitrogen and oxygen atoms in total. The first kappa shape index (κ1) is 25.9. The second-order valence-electron chi connectivity index (χ2n) is 9.66. The summed E-state index contributed by atoms with van der Waals surface area (Å²) >= 11 is 0. The van der Waals surface area contributed by atoms with Gasteiger partial charge in [0.25, 0.3) is 5.90 Å². The fraction of sp³-hybridized carbons (Fsp3) is 0.385. The Balaban J connectivity index is 2.25. The number of rotatable bonds is 7. The number of ketones is 2. The maximum absolute atomic E-state index is 12.7. The zero-order chi connectivity index (χ0) is 24.8. The monoisotopic (exact) mass is 453 g/mol. The summed E-state index contributed by atoms with van der Waals surface area (Å²) in [6, 6.07) is 12.7. The van der Waals surface area contributed by atoms with Crippen molar-refractivity contribution in [3.63, 3.8) is 0 Å². The molecule has 176 valence electrons. The average molecular weight is 454 g/mol. The molecule has 0 amide bonds. The zero-order valence-electron chi connectivity index (χ0n) is 20.0. The van der Waals surface area contributed by atoms with Gasteiger partial charge in [0.05, 0.1) is 12.2 Å². The second-order valence-corrected chi connectivity index (χ2v) is 9.66. The Bertz CT molecular complexity index is 1020. The van der Waals surface area contributed by atoms with Gasteiger partial charge in [0.15, 0.2) is 11.6 Å². The van der Waals surface area contributed by atoms with Gasteiger partial charge in [0.1, 0.15) is 6.61 Å². The molecule has 0 aromatic heterocycles. The highest BCUT2D eigenvalue weighted by atomic mass is 16.7. The fourth-order valence-electron chi connectivity index (χ4n) is 2.81. The average Bonchev–Trinajstić information content (AvgIpc) is 2.76. The van der Waals surface area contributed by atoms with Crippen LogP contribution in [-0.2, 0) is 9.57 Å². The number of hydrogen-bond acceptors (Lipinski definition) is 7. The molecule has 2 aromatic rings. The molecule has 0 aliphatic rings. The van der Waals surface area contributed by atoms with Crippen LogP contribution in [0.1, 0.15) is 78.2 Å². The first-order chi connectivity index (χ1) is 15.3. The number of nitrogens with zero attached hydrogens (tertiary/aromatic N) is 1. The minimum Gasteiger partial charge on any atom is -0.400 e. The van der Waals surface area contributed by atoms with Crippen molar-refractivity contribution < 1.29 is 29.1 Å². The summed E-state index contributed by atoms with van der Waals surface area (Å²) in [5.74, 6) is -0.859. The number of carbonyl (C=O) groups is 3. The number of esters is 1. The molecule has 0 saturated heterocycles. The van der Waals surface area contributed by atoms with Gasteiger partial charge in [-0.05, 0) is 29.4 Å². The van der Waals surface area contributed by atoms with E-state index >= 15 is 0 Å². The number of oxime groups is 1. The van der Waals surface area contributed by atoms with E-state index < -0.39 is 16.8 Å². The highest BCUT2D eigenvalue weighted by Crippen LogP contribution is 2.22. The zero-order valence-corrected chi connectivity index (χ0v) is 20.0. The van der Waals surface area contributed by atoms with Gasteiger partial charge in [-0.1, -0.05) is 65.8 Å². The third kappa shape index (κ3) is 7.08. The SMILES string of the molecule is CC(C)(C)C(=O)c1ccc(C(=O)O/C(=N\OCCO)c2ccc(C(=O)C(C)(C)C)cc2)cc1. The predicted octanol–water partition coefficient (Wildman–Crippen LogP) is 4.67. The van der Waals surface area contributed by atoms with E-state index in [9.17, 15) is 14.4 Å². The fourth-order valence-corrected chi connectivity index (χ4v) is 2.81. The molecule has 0 atom stereocenters. The largest absolute Gasteiger partial charge is 0.400 e. The molecule has 0 aliphatic carbocycles. The molecule has 0 spiro atoms. The number of hydrogen-bond donors (Lipinski definition) is 1. The molecule has 0 bridgehead atoms. The van der Waals surface area contributed by atoms with Crippen molar-refractivity contribution in [2.24, 2.45) is 16.0 Å². The van der Waals surface area contributed by atoms with Crippen molar-refractivity contribution in [2.45, 2.75) is 41.5 Å². The van der Waals surface area contributed by atoms with E-state index in [4.69, 9.17) is 14.7 Å². The van der Waals surface area contributed by atoms with Crippen LogP contribution < -0.4 is 0 Å². The van der Waals surface area contributed by atoms with Crippen LogP contribution in [0.25, 0.3) is 0 Å². The van der Waals surface area contributed by atoms with E-state index in [1.165, 1.54) is 12.1 Å². The minimum absolute atomic E-state index is 0.0223. The molecule has 0 aliphatic heterocycles. The summed E-state index contributed by atoms with van der Waals surface area (Å²) in [7, 11) is 0. The molecular formula is C26H31NO6. The Kier molecular flexibility index (Phi) is 8.28. The molecule has 7 heteroatoms. The molecular weight excluding hydrogens is 422 g/mol. The number of Topliss-reactive ketones (excluding diaryl/α,β-unsaturated/α-hetero) is 2. The number of aliphatic hydroxyl groups excluding tert-OH is 1. The van der Waals surface area contributed by atoms with E-state index in [-0.39, 0.29) is 36.2 Å². The van der Waals surface area contributed by atoms with Crippen molar-refractivity contribution in [3.8, 4) is 0 Å². The van der Waals surface area contributed by atoms with Crippen molar-refractivity contribution in [2.75, 3.05) is 13.2 Å². The number of carbonyl (C=O) groups excluding carboxylic acids is 3. The Morgan fingerprint density at radius 3 is 1.52 bits per heavy atom. The summed E-state index contributed by atoms with van der Waals surface area (Å²) in [6.45, 7) is 10.6. The van der Waals surface area contributed by atoms with Crippen LogP contribution in [0.15, 0.2) is 53.7 Å². The van der Waals surface area contributed by atoms with Crippen LogP contribution in [-0.4, -0.2) is 41.8 Å². The Labute approximate surface area is 194 Å². The van der Waals surface area contributed by atoms with Crippen molar-refractivity contribution in [1.29, 1.82) is 0 Å². The van der Waals surface area contributed by atoms with Crippen molar-refractivity contribution in [3.05, 3.63) is 70.8 Å². The predicted molar refractivity (Wildman–Crippen MR) is 125 cm³/mol. The second kappa shape index (κ2) is 10.5. The van der Waals surface area contributed by atoms with E-state index in [0.29, 0.717) is 16.7 Å². The quantitative estimate of drug-likeness (QED) is 0.163. The Morgan fingerprint density at radius 2 is 1.12 bits per heavy atom. The van der Waals surface area contributed by atoms with Gasteiger partial charge in [0, 0.05) is 27.5 Å². The molecule has 0 unspecified atom stereocenters. The van der Waals surface area contributed by atoms with Crippen LogP contribution in [0, 0.1) is 10.8 Å². The summed E-state index contributed by atoms with van der Waals surface area (Å²) in [5.41, 5.74) is 0.606. The first-order valence-electron chi connectivity index (χ1n) is 10.7. The van der Waals surface area contributed by atoms with Crippen LogP contribution in [0.5, 0.6) is 0 Å². The Hall–Kier alpha value is -3.32. The van der Waals surface area contributed by atoms with E-state index in [0.717, 1.165) is 0 Å². The topological polar surface area (TPSA) is 102 Å². The maximum atomic E-state index is 12.7. The summed E-state index contributed by atoms with van der Waals surface area (Å²) in [4.78, 5) is 42.6. The lowest BCUT2D eigenvalue weighted by atomic mass is 9.86.